The van der Waals surface area contributed by atoms with E-state index in [4.69, 9.17) is 5.11 Å². The molecule has 1 saturated heterocycles. The van der Waals surface area contributed by atoms with E-state index in [1.165, 1.54) is 12.1 Å². The lowest BCUT2D eigenvalue weighted by Gasteiger charge is -2.08. The Morgan fingerprint density at radius 1 is 1.47 bits per heavy atom. The molecule has 7 heteroatoms. The van der Waals surface area contributed by atoms with Gasteiger partial charge in [-0.25, -0.2) is 4.79 Å². The van der Waals surface area contributed by atoms with Crippen LogP contribution in [-0.4, -0.2) is 28.9 Å². The number of hydrogen-bond acceptors (Lipinski definition) is 4. The van der Waals surface area contributed by atoms with E-state index >= 15 is 0 Å². The number of amides is 2. The Morgan fingerprint density at radius 2 is 2.24 bits per heavy atom. The highest BCUT2D eigenvalue weighted by Gasteiger charge is 2.27. The number of carbonyl (C=O) groups is 3. The van der Waals surface area contributed by atoms with E-state index in [9.17, 15) is 14.4 Å². The molecule has 0 radical (unpaired) electrons. The van der Waals surface area contributed by atoms with E-state index in [0.29, 0.717) is 17.8 Å². The van der Waals surface area contributed by atoms with Crippen molar-refractivity contribution in [1.82, 2.24) is 5.32 Å². The topological polar surface area (TPSA) is 95.5 Å². The first-order valence-electron chi connectivity index (χ1n) is 4.99. The van der Waals surface area contributed by atoms with Crippen molar-refractivity contribution in [2.24, 2.45) is 0 Å². The molecule has 2 rings (SSSR count). The fraction of sp³-hybridized carbons (Fsp3) is 0.300. The van der Waals surface area contributed by atoms with Crippen molar-refractivity contribution in [3.63, 3.8) is 0 Å². The molecule has 0 saturated carbocycles. The van der Waals surface area contributed by atoms with E-state index < -0.39 is 12.0 Å². The van der Waals surface area contributed by atoms with Gasteiger partial charge in [-0.2, -0.15) is 0 Å². The van der Waals surface area contributed by atoms with Gasteiger partial charge in [0.1, 0.15) is 10.9 Å². The first-order chi connectivity index (χ1) is 8.06. The fourth-order valence-corrected chi connectivity index (χ4v) is 2.29. The summed E-state index contributed by atoms with van der Waals surface area (Å²) >= 11 is 0.985. The number of carboxylic acid groups (broad SMARTS) is 1. The molecule has 0 unspecified atom stereocenters. The second kappa shape index (κ2) is 4.54. The SMILES string of the molecule is O=C1CC[C@H](C(=O)Nc2ccc(C(=O)O)s2)N1. The summed E-state index contributed by atoms with van der Waals surface area (Å²) in [5.41, 5.74) is 0. The minimum Gasteiger partial charge on any atom is -0.477 e. The van der Waals surface area contributed by atoms with Gasteiger partial charge in [-0.3, -0.25) is 9.59 Å². The molecule has 6 nitrogen and oxygen atoms in total. The van der Waals surface area contributed by atoms with Gasteiger partial charge in [0, 0.05) is 6.42 Å². The molecule has 90 valence electrons. The number of anilines is 1. The number of hydrogen-bond donors (Lipinski definition) is 3. The second-order valence-electron chi connectivity index (χ2n) is 3.62. The van der Waals surface area contributed by atoms with Crippen LogP contribution in [0.4, 0.5) is 5.00 Å². The summed E-state index contributed by atoms with van der Waals surface area (Å²) in [5.74, 6) is -1.47. The van der Waals surface area contributed by atoms with Gasteiger partial charge in [0.25, 0.3) is 0 Å². The predicted molar refractivity (Wildman–Crippen MR) is 61.1 cm³/mol. The standard InChI is InChI=1S/C10H10N2O4S/c13-7-3-1-5(11-7)9(14)12-8-4-2-6(17-8)10(15)16/h2,4-5H,1,3H2,(H,11,13)(H,12,14)(H,15,16)/t5-/m1/s1. The highest BCUT2D eigenvalue weighted by Crippen LogP contribution is 2.22. The van der Waals surface area contributed by atoms with Gasteiger partial charge in [0.15, 0.2) is 0 Å². The van der Waals surface area contributed by atoms with Crippen LogP contribution in [-0.2, 0) is 9.59 Å². The average Bonchev–Trinajstić information content (AvgIpc) is 2.86. The van der Waals surface area contributed by atoms with Crippen molar-refractivity contribution in [2.45, 2.75) is 18.9 Å². The molecule has 0 spiro atoms. The first kappa shape index (κ1) is 11.6. The molecule has 2 heterocycles. The normalized spacial score (nSPS) is 18.8. The quantitative estimate of drug-likeness (QED) is 0.738. The van der Waals surface area contributed by atoms with Crippen LogP contribution in [0.3, 0.4) is 0 Å². The fourth-order valence-electron chi connectivity index (χ4n) is 1.54. The molecule has 0 bridgehead atoms. The Labute approximate surface area is 101 Å². The molecule has 1 aromatic heterocycles. The van der Waals surface area contributed by atoms with Crippen molar-refractivity contribution in [1.29, 1.82) is 0 Å². The Hall–Kier alpha value is -1.89. The molecular formula is C10H10N2O4S. The van der Waals surface area contributed by atoms with Gasteiger partial charge < -0.3 is 15.7 Å². The molecule has 2 amide bonds. The van der Waals surface area contributed by atoms with Crippen LogP contribution in [0.1, 0.15) is 22.5 Å². The van der Waals surface area contributed by atoms with Crippen LogP contribution < -0.4 is 10.6 Å². The minimum absolute atomic E-state index is 0.137. The van der Waals surface area contributed by atoms with Crippen LogP contribution in [0.25, 0.3) is 0 Å². The number of nitrogens with one attached hydrogen (secondary N) is 2. The molecule has 0 aromatic carbocycles. The third kappa shape index (κ3) is 2.62. The zero-order valence-electron chi connectivity index (χ0n) is 8.73. The third-order valence-electron chi connectivity index (χ3n) is 2.37. The minimum atomic E-state index is -1.02. The Balaban J connectivity index is 1.98. The molecular weight excluding hydrogens is 244 g/mol. The summed E-state index contributed by atoms with van der Waals surface area (Å²) in [6.07, 6.45) is 0.824. The number of carbonyl (C=O) groups excluding carboxylic acids is 2. The highest BCUT2D eigenvalue weighted by atomic mass is 32.1. The number of thiophene rings is 1. The summed E-state index contributed by atoms with van der Waals surface area (Å²) in [6, 6.07) is 2.44. The summed E-state index contributed by atoms with van der Waals surface area (Å²) in [5, 5.41) is 14.3. The summed E-state index contributed by atoms with van der Waals surface area (Å²) in [4.78, 5) is 33.4. The zero-order valence-corrected chi connectivity index (χ0v) is 9.54. The van der Waals surface area contributed by atoms with E-state index in [1.54, 1.807) is 0 Å². The maximum atomic E-state index is 11.7. The lowest BCUT2D eigenvalue weighted by Crippen LogP contribution is -2.37. The van der Waals surface area contributed by atoms with Gasteiger partial charge in [0.2, 0.25) is 11.8 Å². The van der Waals surface area contributed by atoms with Crippen molar-refractivity contribution < 1.29 is 19.5 Å². The molecule has 1 atom stereocenters. The van der Waals surface area contributed by atoms with Crippen molar-refractivity contribution in [2.75, 3.05) is 5.32 Å². The maximum Gasteiger partial charge on any atom is 0.345 e. The maximum absolute atomic E-state index is 11.7. The zero-order chi connectivity index (χ0) is 12.4. The molecule has 1 fully saturated rings. The smallest absolute Gasteiger partial charge is 0.345 e. The number of carboxylic acids is 1. The van der Waals surface area contributed by atoms with Gasteiger partial charge in [0.05, 0.1) is 5.00 Å². The monoisotopic (exact) mass is 254 g/mol. The summed E-state index contributed by atoms with van der Waals surface area (Å²) in [7, 11) is 0. The molecule has 0 aliphatic carbocycles. The van der Waals surface area contributed by atoms with Gasteiger partial charge >= 0.3 is 5.97 Å². The Kier molecular flexibility index (Phi) is 3.10. The van der Waals surface area contributed by atoms with Crippen LogP contribution in [0.15, 0.2) is 12.1 Å². The first-order valence-corrected chi connectivity index (χ1v) is 5.81. The number of rotatable bonds is 3. The lowest BCUT2D eigenvalue weighted by molar-refractivity contribution is -0.122. The molecule has 3 N–H and O–H groups in total. The van der Waals surface area contributed by atoms with Gasteiger partial charge in [-0.1, -0.05) is 0 Å². The Morgan fingerprint density at radius 3 is 2.76 bits per heavy atom. The van der Waals surface area contributed by atoms with Crippen LogP contribution >= 0.6 is 11.3 Å². The summed E-state index contributed by atoms with van der Waals surface area (Å²) in [6.45, 7) is 0. The summed E-state index contributed by atoms with van der Waals surface area (Å²) < 4.78 is 0. The van der Waals surface area contributed by atoms with Crippen molar-refractivity contribution in [3.8, 4) is 0 Å². The Bertz CT molecular complexity index is 482. The second-order valence-corrected chi connectivity index (χ2v) is 4.70. The molecule has 1 aliphatic heterocycles. The van der Waals surface area contributed by atoms with Crippen LogP contribution in [0.2, 0.25) is 0 Å². The molecule has 17 heavy (non-hydrogen) atoms. The van der Waals surface area contributed by atoms with Crippen LogP contribution in [0.5, 0.6) is 0 Å². The lowest BCUT2D eigenvalue weighted by atomic mass is 10.2. The molecule has 1 aromatic rings. The van der Waals surface area contributed by atoms with E-state index in [2.05, 4.69) is 10.6 Å². The molecule has 1 aliphatic rings. The van der Waals surface area contributed by atoms with Crippen LogP contribution in [0, 0.1) is 0 Å². The third-order valence-corrected chi connectivity index (χ3v) is 3.36. The largest absolute Gasteiger partial charge is 0.477 e. The van der Waals surface area contributed by atoms with Crippen molar-refractivity contribution in [3.05, 3.63) is 17.0 Å². The highest BCUT2D eigenvalue weighted by molar-refractivity contribution is 7.18. The van der Waals surface area contributed by atoms with E-state index in [-0.39, 0.29) is 16.7 Å². The van der Waals surface area contributed by atoms with E-state index in [0.717, 1.165) is 11.3 Å². The van der Waals surface area contributed by atoms with Gasteiger partial charge in [-0.15, -0.1) is 11.3 Å². The van der Waals surface area contributed by atoms with E-state index in [1.807, 2.05) is 0 Å². The van der Waals surface area contributed by atoms with Crippen molar-refractivity contribution >= 4 is 34.1 Å². The average molecular weight is 254 g/mol. The predicted octanol–water partition coefficient (Wildman–Crippen LogP) is 0.663. The van der Waals surface area contributed by atoms with Gasteiger partial charge in [-0.05, 0) is 18.6 Å². The number of aromatic carboxylic acids is 1.